The molecule has 4 rings (SSSR count). The molecule has 53 heavy (non-hydrogen) atoms. The number of benzene rings is 3. The molecule has 1 aliphatic heterocycles. The highest BCUT2D eigenvalue weighted by molar-refractivity contribution is 6.03. The van der Waals surface area contributed by atoms with Crippen molar-refractivity contribution < 1.29 is 63.3 Å². The Morgan fingerprint density at radius 2 is 1.42 bits per heavy atom. The van der Waals surface area contributed by atoms with Crippen molar-refractivity contribution >= 4 is 23.4 Å². The Balaban J connectivity index is 1.18. The molecule has 0 aliphatic carbocycles. The monoisotopic (exact) mass is 745 g/mol. The second-order valence-corrected chi connectivity index (χ2v) is 12.5. The third kappa shape index (κ3) is 11.5. The highest BCUT2D eigenvalue weighted by Gasteiger charge is 2.48. The van der Waals surface area contributed by atoms with E-state index in [9.17, 15) is 48.7 Å². The maximum Gasteiger partial charge on any atom is 0.251 e. The van der Waals surface area contributed by atoms with E-state index in [0.717, 1.165) is 11.1 Å². The van der Waals surface area contributed by atoms with Gasteiger partial charge in [0.05, 0.1) is 44.5 Å². The van der Waals surface area contributed by atoms with Crippen LogP contribution in [0.3, 0.4) is 0 Å². The fourth-order valence-corrected chi connectivity index (χ4v) is 5.79. The number of ether oxygens (including phenoxy) is 2. The van der Waals surface area contributed by atoms with Crippen LogP contribution in [0.5, 0.6) is 0 Å². The van der Waals surface area contributed by atoms with Crippen molar-refractivity contribution in [3.63, 3.8) is 0 Å². The molecule has 0 saturated carbocycles. The molecule has 7 unspecified atom stereocenters. The summed E-state index contributed by atoms with van der Waals surface area (Å²) in [7, 11) is 0. The van der Waals surface area contributed by atoms with Crippen LogP contribution >= 0.6 is 0 Å². The van der Waals surface area contributed by atoms with Gasteiger partial charge < -0.3 is 55.6 Å². The average Bonchev–Trinajstić information content (AvgIpc) is 3.16. The summed E-state index contributed by atoms with van der Waals surface area (Å²) in [6.45, 7) is -0.805. The third-order valence-corrected chi connectivity index (χ3v) is 8.81. The minimum atomic E-state index is -2.04. The van der Waals surface area contributed by atoms with Gasteiger partial charge in [-0.25, -0.2) is 8.78 Å². The van der Waals surface area contributed by atoms with Gasteiger partial charge in [-0.2, -0.15) is 0 Å². The predicted molar refractivity (Wildman–Crippen MR) is 185 cm³/mol. The van der Waals surface area contributed by atoms with Gasteiger partial charge in [-0.05, 0) is 65.9 Å². The number of aliphatic hydroxyl groups excluding tert-OH is 6. The van der Waals surface area contributed by atoms with Crippen LogP contribution in [0.4, 0.5) is 14.5 Å². The molecule has 0 spiro atoms. The van der Waals surface area contributed by atoms with Gasteiger partial charge >= 0.3 is 0 Å². The molecule has 3 aromatic carbocycles. The molecule has 14 nitrogen and oxygen atoms in total. The molecule has 3 amide bonds. The van der Waals surface area contributed by atoms with E-state index in [-0.39, 0.29) is 63.8 Å². The fourth-order valence-electron chi connectivity index (χ4n) is 5.79. The average molecular weight is 746 g/mol. The number of β-lactam (4-membered cyclic amide) rings is 1. The van der Waals surface area contributed by atoms with Gasteiger partial charge in [0.15, 0.2) is 6.10 Å². The van der Waals surface area contributed by atoms with Gasteiger partial charge in [0.2, 0.25) is 11.8 Å². The lowest BCUT2D eigenvalue weighted by molar-refractivity contribution is -0.149. The van der Waals surface area contributed by atoms with E-state index in [1.54, 1.807) is 4.90 Å². The molecule has 0 bridgehead atoms. The summed E-state index contributed by atoms with van der Waals surface area (Å²) in [5.41, 5.74) is 2.69. The molecule has 1 heterocycles. The van der Waals surface area contributed by atoms with E-state index in [1.807, 2.05) is 24.3 Å². The van der Waals surface area contributed by atoms with Gasteiger partial charge in [-0.3, -0.25) is 14.4 Å². The SMILES string of the molecule is O=C(COCCOCCNC(=O)C(O)C(O)C(O)C(O)CO)NCc1ccc(C2C(CCC(O)c3ccc(F)cc3)C(=O)N2c2ccc(F)cc2)cc1. The molecule has 3 aromatic rings. The van der Waals surface area contributed by atoms with E-state index in [1.165, 1.54) is 48.5 Å². The van der Waals surface area contributed by atoms with E-state index < -0.39 is 60.6 Å². The number of carbonyl (C=O) groups excluding carboxylic acids is 3. The van der Waals surface area contributed by atoms with Crippen molar-refractivity contribution in [1.82, 2.24) is 10.6 Å². The van der Waals surface area contributed by atoms with Gasteiger partial charge in [0.1, 0.15) is 36.6 Å². The quantitative estimate of drug-likeness (QED) is 0.0551. The number of hydrogen-bond acceptors (Lipinski definition) is 11. The van der Waals surface area contributed by atoms with Crippen LogP contribution in [0.2, 0.25) is 0 Å². The first-order valence-electron chi connectivity index (χ1n) is 17.0. The second-order valence-electron chi connectivity index (χ2n) is 12.5. The van der Waals surface area contributed by atoms with Crippen LogP contribution in [0, 0.1) is 17.6 Å². The smallest absolute Gasteiger partial charge is 0.251 e. The number of rotatable bonds is 21. The summed E-state index contributed by atoms with van der Waals surface area (Å²) < 4.78 is 37.6. The Bertz CT molecular complexity index is 1620. The van der Waals surface area contributed by atoms with Crippen molar-refractivity contribution in [2.45, 2.75) is 55.9 Å². The number of amides is 3. The number of anilines is 1. The maximum absolute atomic E-state index is 13.6. The number of carbonyl (C=O) groups is 3. The maximum atomic E-state index is 13.6. The molecular weight excluding hydrogens is 700 g/mol. The zero-order valence-electron chi connectivity index (χ0n) is 28.8. The van der Waals surface area contributed by atoms with Crippen molar-refractivity contribution in [1.29, 1.82) is 0 Å². The Kier molecular flexibility index (Phi) is 15.7. The summed E-state index contributed by atoms with van der Waals surface area (Å²) in [4.78, 5) is 39.1. The van der Waals surface area contributed by atoms with Crippen LogP contribution < -0.4 is 15.5 Å². The molecule has 1 saturated heterocycles. The Labute approximate surface area is 304 Å². The molecule has 0 radical (unpaired) electrons. The van der Waals surface area contributed by atoms with Gasteiger partial charge in [0.25, 0.3) is 5.91 Å². The molecule has 288 valence electrons. The first-order valence-corrected chi connectivity index (χ1v) is 17.0. The van der Waals surface area contributed by atoms with Crippen LogP contribution in [-0.4, -0.2) is 112 Å². The lowest BCUT2D eigenvalue weighted by atomic mass is 9.78. The minimum absolute atomic E-state index is 0.0112. The van der Waals surface area contributed by atoms with Crippen LogP contribution in [0.1, 0.15) is 41.7 Å². The number of aliphatic hydroxyl groups is 6. The number of halogens is 2. The van der Waals surface area contributed by atoms with Gasteiger partial charge in [-0.15, -0.1) is 0 Å². The molecule has 1 aliphatic rings. The van der Waals surface area contributed by atoms with Crippen LogP contribution in [-0.2, 0) is 30.4 Å². The standard InChI is InChI=1S/C37H45F2N3O11/c38-25-7-5-23(6-8-25)29(44)14-13-28-32(42(37(28)51)27-11-9-26(39)10-12-27)24-3-1-22(2-4-24)19-41-31(46)21-53-18-17-52-16-15-40-36(50)35(49)34(48)33(47)30(45)20-43/h1-12,28-30,32-35,43-45,47-49H,13-21H2,(H,40,50)(H,41,46). The molecule has 7 atom stereocenters. The summed E-state index contributed by atoms with van der Waals surface area (Å²) in [6.07, 6.45) is -7.97. The minimum Gasteiger partial charge on any atom is -0.394 e. The molecule has 8 N–H and O–H groups in total. The predicted octanol–water partition coefficient (Wildman–Crippen LogP) is 0.384. The van der Waals surface area contributed by atoms with Crippen molar-refractivity contribution in [2.24, 2.45) is 5.92 Å². The first kappa shape index (κ1) is 41.4. The molecular formula is C37H45F2N3O11. The third-order valence-electron chi connectivity index (χ3n) is 8.81. The second kappa shape index (κ2) is 20.2. The van der Waals surface area contributed by atoms with Gasteiger partial charge in [-0.1, -0.05) is 36.4 Å². The van der Waals surface area contributed by atoms with Gasteiger partial charge in [0, 0.05) is 18.8 Å². The zero-order valence-corrected chi connectivity index (χ0v) is 28.8. The Morgan fingerprint density at radius 1 is 0.792 bits per heavy atom. The summed E-state index contributed by atoms with van der Waals surface area (Å²) in [5.74, 6) is -2.86. The summed E-state index contributed by atoms with van der Waals surface area (Å²) in [6, 6.07) is 18.1. The number of nitrogens with zero attached hydrogens (tertiary/aromatic N) is 1. The number of hydrogen-bond donors (Lipinski definition) is 8. The highest BCUT2D eigenvalue weighted by atomic mass is 19.1. The summed E-state index contributed by atoms with van der Waals surface area (Å²) in [5, 5.41) is 62.9. The molecule has 16 heteroatoms. The highest BCUT2D eigenvalue weighted by Crippen LogP contribution is 2.46. The van der Waals surface area contributed by atoms with Crippen molar-refractivity contribution in [3.05, 3.63) is 101 Å². The summed E-state index contributed by atoms with van der Waals surface area (Å²) >= 11 is 0. The largest absolute Gasteiger partial charge is 0.394 e. The Morgan fingerprint density at radius 3 is 2.06 bits per heavy atom. The fraction of sp³-hybridized carbons (Fsp3) is 0.432. The lowest BCUT2D eigenvalue weighted by Gasteiger charge is -2.48. The normalized spacial score (nSPS) is 18.4. The van der Waals surface area contributed by atoms with Crippen molar-refractivity contribution in [2.75, 3.05) is 44.5 Å². The van der Waals surface area contributed by atoms with E-state index in [0.29, 0.717) is 17.7 Å². The topological polar surface area (TPSA) is 218 Å². The van der Waals surface area contributed by atoms with Crippen LogP contribution in [0.25, 0.3) is 0 Å². The lowest BCUT2D eigenvalue weighted by Crippen LogP contribution is -2.55. The van der Waals surface area contributed by atoms with E-state index in [4.69, 9.17) is 14.6 Å². The van der Waals surface area contributed by atoms with E-state index >= 15 is 0 Å². The molecule has 1 fully saturated rings. The van der Waals surface area contributed by atoms with Crippen LogP contribution in [0.15, 0.2) is 72.8 Å². The first-order chi connectivity index (χ1) is 25.4. The molecule has 0 aromatic heterocycles. The number of nitrogens with one attached hydrogen (secondary N) is 2. The van der Waals surface area contributed by atoms with E-state index in [2.05, 4.69) is 10.6 Å². The Hall–Kier alpha value is -4.39. The zero-order chi connectivity index (χ0) is 38.5. The van der Waals surface area contributed by atoms with Crippen molar-refractivity contribution in [3.8, 4) is 0 Å².